The van der Waals surface area contributed by atoms with E-state index in [1.54, 1.807) is 0 Å². The Morgan fingerprint density at radius 3 is 2.79 bits per heavy atom. The van der Waals surface area contributed by atoms with Crippen molar-refractivity contribution in [3.05, 3.63) is 0 Å². The lowest BCUT2D eigenvalue weighted by atomic mass is 10.2. The minimum absolute atomic E-state index is 0.135. The maximum Gasteiger partial charge on any atom is 0.327 e. The molecule has 1 saturated heterocycles. The number of terminal acetylenes is 1. The zero-order valence-electron chi connectivity index (χ0n) is 11.1. The number of urea groups is 1. The van der Waals surface area contributed by atoms with Gasteiger partial charge in [0.1, 0.15) is 0 Å². The van der Waals surface area contributed by atoms with Crippen LogP contribution in [0.25, 0.3) is 0 Å². The molecule has 2 rings (SSSR count). The van der Waals surface area contributed by atoms with Crippen LogP contribution in [0.4, 0.5) is 4.79 Å². The fourth-order valence-electron chi connectivity index (χ4n) is 2.13. The summed E-state index contributed by atoms with van der Waals surface area (Å²) in [6.45, 7) is 2.12. The predicted octanol–water partition coefficient (Wildman–Crippen LogP) is 1.09. The Hall–Kier alpha value is -1.54. The first-order valence-corrected chi connectivity index (χ1v) is 6.83. The number of carbonyl (C=O) groups excluding carboxylic acids is 2. The Balaban J connectivity index is 1.71. The summed E-state index contributed by atoms with van der Waals surface area (Å²) in [5, 5.41) is 0. The van der Waals surface area contributed by atoms with Gasteiger partial charge in [0.2, 0.25) is 5.91 Å². The molecular weight excluding hydrogens is 244 g/mol. The third-order valence-corrected chi connectivity index (χ3v) is 3.51. The molecule has 0 radical (unpaired) electrons. The second kappa shape index (κ2) is 6.58. The quantitative estimate of drug-likeness (QED) is 0.511. The number of ether oxygens (including phenoxy) is 1. The standard InChI is InChI=1S/C14H20N2O3/c1-2-7-15-8-5-13(17)16(14(15)18)9-11-19-10-6-12-3-4-12/h1,12H,3-11H2. The third kappa shape index (κ3) is 3.97. The van der Waals surface area contributed by atoms with Gasteiger partial charge in [-0.3, -0.25) is 9.69 Å². The molecule has 0 atom stereocenters. The zero-order chi connectivity index (χ0) is 13.7. The predicted molar refractivity (Wildman–Crippen MR) is 70.3 cm³/mol. The molecule has 5 nitrogen and oxygen atoms in total. The Kier molecular flexibility index (Phi) is 4.80. The fourth-order valence-corrected chi connectivity index (χ4v) is 2.13. The van der Waals surface area contributed by atoms with Crippen molar-refractivity contribution >= 4 is 11.9 Å². The molecule has 5 heteroatoms. The van der Waals surface area contributed by atoms with Gasteiger partial charge in [0.05, 0.1) is 19.7 Å². The summed E-state index contributed by atoms with van der Waals surface area (Å²) in [7, 11) is 0. The minimum Gasteiger partial charge on any atom is -0.380 e. The van der Waals surface area contributed by atoms with Gasteiger partial charge in [-0.05, 0) is 12.3 Å². The van der Waals surface area contributed by atoms with E-state index in [9.17, 15) is 9.59 Å². The van der Waals surface area contributed by atoms with Crippen molar-refractivity contribution in [2.45, 2.75) is 25.7 Å². The second-order valence-electron chi connectivity index (χ2n) is 5.05. The molecule has 2 fully saturated rings. The van der Waals surface area contributed by atoms with Crippen LogP contribution in [0.5, 0.6) is 0 Å². The molecule has 2 aliphatic rings. The number of nitrogens with zero attached hydrogens (tertiary/aromatic N) is 2. The highest BCUT2D eigenvalue weighted by Gasteiger charge is 2.31. The van der Waals surface area contributed by atoms with Crippen LogP contribution in [0.1, 0.15) is 25.7 Å². The van der Waals surface area contributed by atoms with Crippen molar-refractivity contribution in [1.82, 2.24) is 9.80 Å². The zero-order valence-corrected chi connectivity index (χ0v) is 11.1. The number of carbonyl (C=O) groups is 2. The average molecular weight is 264 g/mol. The fraction of sp³-hybridized carbons (Fsp3) is 0.714. The summed E-state index contributed by atoms with van der Waals surface area (Å²) >= 11 is 0. The van der Waals surface area contributed by atoms with E-state index >= 15 is 0 Å². The molecular formula is C14H20N2O3. The van der Waals surface area contributed by atoms with Gasteiger partial charge in [-0.25, -0.2) is 4.79 Å². The first-order chi connectivity index (χ1) is 9.22. The van der Waals surface area contributed by atoms with Crippen LogP contribution in [0.3, 0.4) is 0 Å². The molecule has 1 saturated carbocycles. The average Bonchev–Trinajstić information content (AvgIpc) is 3.20. The summed E-state index contributed by atoms with van der Waals surface area (Å²) in [6, 6.07) is -0.292. The molecule has 0 aromatic rings. The summed E-state index contributed by atoms with van der Waals surface area (Å²) in [6.07, 6.45) is 9.26. The largest absolute Gasteiger partial charge is 0.380 e. The van der Waals surface area contributed by atoms with Crippen LogP contribution >= 0.6 is 0 Å². The smallest absolute Gasteiger partial charge is 0.327 e. The maximum atomic E-state index is 12.0. The van der Waals surface area contributed by atoms with Crippen molar-refractivity contribution < 1.29 is 14.3 Å². The first-order valence-electron chi connectivity index (χ1n) is 6.83. The maximum absolute atomic E-state index is 12.0. The van der Waals surface area contributed by atoms with Crippen molar-refractivity contribution in [3.63, 3.8) is 0 Å². The minimum atomic E-state index is -0.292. The summed E-state index contributed by atoms with van der Waals surface area (Å²) in [5.41, 5.74) is 0. The molecule has 19 heavy (non-hydrogen) atoms. The summed E-state index contributed by atoms with van der Waals surface area (Å²) in [5.74, 6) is 3.14. The normalized spacial score (nSPS) is 19.7. The second-order valence-corrected chi connectivity index (χ2v) is 5.05. The highest BCUT2D eigenvalue weighted by Crippen LogP contribution is 2.32. The molecule has 0 bridgehead atoms. The molecule has 1 aliphatic carbocycles. The van der Waals surface area contributed by atoms with E-state index in [2.05, 4.69) is 5.92 Å². The SMILES string of the molecule is C#CCN1CCC(=O)N(CCOCCC2CC2)C1=O. The summed E-state index contributed by atoms with van der Waals surface area (Å²) in [4.78, 5) is 26.5. The molecule has 0 aromatic heterocycles. The summed E-state index contributed by atoms with van der Waals surface area (Å²) < 4.78 is 5.47. The molecule has 0 aromatic carbocycles. The van der Waals surface area contributed by atoms with E-state index in [-0.39, 0.29) is 18.5 Å². The number of rotatable bonds is 7. The Morgan fingerprint density at radius 2 is 2.11 bits per heavy atom. The van der Waals surface area contributed by atoms with Crippen LogP contribution < -0.4 is 0 Å². The van der Waals surface area contributed by atoms with E-state index in [0.717, 1.165) is 18.9 Å². The molecule has 104 valence electrons. The van der Waals surface area contributed by atoms with Gasteiger partial charge in [0.15, 0.2) is 0 Å². The van der Waals surface area contributed by atoms with Gasteiger partial charge in [0.25, 0.3) is 0 Å². The Morgan fingerprint density at radius 1 is 1.32 bits per heavy atom. The Bertz CT molecular complexity index is 385. The molecule has 0 N–H and O–H groups in total. The van der Waals surface area contributed by atoms with Gasteiger partial charge in [-0.2, -0.15) is 0 Å². The van der Waals surface area contributed by atoms with Gasteiger partial charge < -0.3 is 9.64 Å². The lowest BCUT2D eigenvalue weighted by molar-refractivity contribution is -0.131. The van der Waals surface area contributed by atoms with Crippen molar-refractivity contribution in [1.29, 1.82) is 0 Å². The van der Waals surface area contributed by atoms with E-state index in [4.69, 9.17) is 11.2 Å². The molecule has 0 unspecified atom stereocenters. The van der Waals surface area contributed by atoms with Crippen LogP contribution in [-0.2, 0) is 9.53 Å². The number of hydrogen-bond acceptors (Lipinski definition) is 3. The third-order valence-electron chi connectivity index (χ3n) is 3.51. The van der Waals surface area contributed by atoms with E-state index in [1.807, 2.05) is 0 Å². The monoisotopic (exact) mass is 264 g/mol. The topological polar surface area (TPSA) is 49.9 Å². The highest BCUT2D eigenvalue weighted by atomic mass is 16.5. The first kappa shape index (κ1) is 13.9. The molecule has 3 amide bonds. The van der Waals surface area contributed by atoms with E-state index in [1.165, 1.54) is 22.6 Å². The van der Waals surface area contributed by atoms with Crippen molar-refractivity contribution in [3.8, 4) is 12.3 Å². The number of imide groups is 1. The van der Waals surface area contributed by atoms with Gasteiger partial charge in [-0.15, -0.1) is 6.42 Å². The van der Waals surface area contributed by atoms with Crippen LogP contribution in [0.15, 0.2) is 0 Å². The van der Waals surface area contributed by atoms with Crippen molar-refractivity contribution in [2.75, 3.05) is 32.8 Å². The van der Waals surface area contributed by atoms with E-state index < -0.39 is 0 Å². The van der Waals surface area contributed by atoms with Crippen LogP contribution in [0.2, 0.25) is 0 Å². The molecule has 1 aliphatic heterocycles. The number of hydrogen-bond donors (Lipinski definition) is 0. The van der Waals surface area contributed by atoms with Gasteiger partial charge in [0, 0.05) is 19.6 Å². The lowest BCUT2D eigenvalue weighted by Gasteiger charge is -2.32. The van der Waals surface area contributed by atoms with Gasteiger partial charge in [-0.1, -0.05) is 18.8 Å². The van der Waals surface area contributed by atoms with Gasteiger partial charge >= 0.3 is 6.03 Å². The van der Waals surface area contributed by atoms with Crippen LogP contribution in [-0.4, -0.2) is 54.6 Å². The molecule has 0 spiro atoms. The molecule has 1 heterocycles. The lowest BCUT2D eigenvalue weighted by Crippen LogP contribution is -2.53. The number of amides is 3. The Labute approximate surface area is 113 Å². The van der Waals surface area contributed by atoms with Crippen LogP contribution in [0, 0.1) is 18.3 Å². The highest BCUT2D eigenvalue weighted by molar-refractivity contribution is 5.96. The van der Waals surface area contributed by atoms with E-state index in [0.29, 0.717) is 26.1 Å². The van der Waals surface area contributed by atoms with Crippen molar-refractivity contribution in [2.24, 2.45) is 5.92 Å².